The molecule has 1 amide bonds. The zero-order chi connectivity index (χ0) is 17.6. The number of hydrogen-bond acceptors (Lipinski definition) is 5. The van der Waals surface area contributed by atoms with E-state index in [4.69, 9.17) is 9.47 Å². The van der Waals surface area contributed by atoms with Gasteiger partial charge in [0.05, 0.1) is 24.8 Å². The second-order valence-electron chi connectivity index (χ2n) is 5.41. The van der Waals surface area contributed by atoms with Crippen molar-refractivity contribution < 1.29 is 14.3 Å². The molecule has 3 aromatic rings. The Morgan fingerprint density at radius 3 is 2.60 bits per heavy atom. The second kappa shape index (κ2) is 7.85. The molecule has 0 aliphatic rings. The Bertz CT molecular complexity index is 821. The summed E-state index contributed by atoms with van der Waals surface area (Å²) in [7, 11) is 3.21. The van der Waals surface area contributed by atoms with Gasteiger partial charge in [-0.15, -0.1) is 11.3 Å². The molecule has 0 spiro atoms. The summed E-state index contributed by atoms with van der Waals surface area (Å²) >= 11 is 1.62. The maximum Gasteiger partial charge on any atom is 0.225 e. The molecule has 0 aliphatic heterocycles. The van der Waals surface area contributed by atoms with Gasteiger partial charge in [0, 0.05) is 18.6 Å². The maximum absolute atomic E-state index is 12.2. The van der Waals surface area contributed by atoms with Gasteiger partial charge in [-0.2, -0.15) is 5.10 Å². The van der Waals surface area contributed by atoms with Gasteiger partial charge in [0.2, 0.25) is 5.91 Å². The highest BCUT2D eigenvalue weighted by molar-refractivity contribution is 7.13. The molecule has 0 fully saturated rings. The minimum Gasteiger partial charge on any atom is -0.497 e. The van der Waals surface area contributed by atoms with Crippen LogP contribution < -0.4 is 14.8 Å². The Kier molecular flexibility index (Phi) is 5.35. The third-order valence-electron chi connectivity index (χ3n) is 3.68. The molecule has 0 atom stereocenters. The van der Waals surface area contributed by atoms with E-state index in [9.17, 15) is 4.79 Å². The average Bonchev–Trinajstić information content (AvgIpc) is 3.31. The highest BCUT2D eigenvalue weighted by Gasteiger charge is 2.09. The van der Waals surface area contributed by atoms with E-state index in [0.717, 1.165) is 16.1 Å². The summed E-state index contributed by atoms with van der Waals surface area (Å²) < 4.78 is 10.5. The van der Waals surface area contributed by atoms with Crippen molar-refractivity contribution in [3.05, 3.63) is 47.3 Å². The number of ether oxygens (including phenoxy) is 2. The summed E-state index contributed by atoms with van der Waals surface area (Å²) in [6.45, 7) is 0. The lowest BCUT2D eigenvalue weighted by atomic mass is 10.1. The van der Waals surface area contributed by atoms with Crippen molar-refractivity contribution in [1.29, 1.82) is 0 Å². The molecule has 2 heterocycles. The molecule has 0 radical (unpaired) electrons. The van der Waals surface area contributed by atoms with Crippen LogP contribution in [-0.4, -0.2) is 30.3 Å². The Morgan fingerprint density at radius 1 is 1.20 bits per heavy atom. The van der Waals surface area contributed by atoms with Crippen LogP contribution in [0.25, 0.3) is 10.6 Å². The van der Waals surface area contributed by atoms with Gasteiger partial charge in [-0.1, -0.05) is 6.07 Å². The number of thiophene rings is 1. The van der Waals surface area contributed by atoms with E-state index >= 15 is 0 Å². The van der Waals surface area contributed by atoms with Gasteiger partial charge in [-0.05, 0) is 35.6 Å². The molecule has 0 unspecified atom stereocenters. The lowest BCUT2D eigenvalue weighted by Gasteiger charge is -2.08. The van der Waals surface area contributed by atoms with Crippen LogP contribution >= 0.6 is 11.3 Å². The standard InChI is InChI=1S/C18H19N3O3S/c1-23-13-8-12(9-14(10-13)24-2)5-6-18(22)19-17-11-15(20-21-17)16-4-3-7-25-16/h3-4,7-11H,5-6H2,1-2H3,(H2,19,20,21,22). The zero-order valence-electron chi connectivity index (χ0n) is 14.0. The Balaban J connectivity index is 1.58. The molecule has 2 N–H and O–H groups in total. The van der Waals surface area contributed by atoms with Crippen molar-refractivity contribution in [2.75, 3.05) is 19.5 Å². The SMILES string of the molecule is COc1cc(CCC(=O)Nc2cc(-c3cccs3)[nH]n2)cc(OC)c1. The number of hydrogen-bond donors (Lipinski definition) is 2. The lowest BCUT2D eigenvalue weighted by molar-refractivity contribution is -0.116. The number of aryl methyl sites for hydroxylation is 1. The first-order chi connectivity index (χ1) is 12.2. The Labute approximate surface area is 149 Å². The molecule has 130 valence electrons. The van der Waals surface area contributed by atoms with Crippen LogP contribution in [0.2, 0.25) is 0 Å². The monoisotopic (exact) mass is 357 g/mol. The molecular weight excluding hydrogens is 338 g/mol. The molecule has 3 rings (SSSR count). The summed E-state index contributed by atoms with van der Waals surface area (Å²) in [5, 5.41) is 11.9. The minimum atomic E-state index is -0.0917. The Morgan fingerprint density at radius 2 is 1.96 bits per heavy atom. The van der Waals surface area contributed by atoms with E-state index in [1.165, 1.54) is 0 Å². The number of rotatable bonds is 7. The first-order valence-electron chi connectivity index (χ1n) is 7.79. The number of carbonyl (C=O) groups excluding carboxylic acids is 1. The number of methoxy groups -OCH3 is 2. The highest BCUT2D eigenvalue weighted by atomic mass is 32.1. The quantitative estimate of drug-likeness (QED) is 0.675. The van der Waals surface area contributed by atoms with Crippen LogP contribution in [0.3, 0.4) is 0 Å². The highest BCUT2D eigenvalue weighted by Crippen LogP contribution is 2.25. The molecule has 0 aliphatic carbocycles. The number of H-pyrrole nitrogens is 1. The third-order valence-corrected chi connectivity index (χ3v) is 4.59. The predicted molar refractivity (Wildman–Crippen MR) is 98.4 cm³/mol. The number of carbonyl (C=O) groups is 1. The van der Waals surface area contributed by atoms with Crippen molar-refractivity contribution in [2.24, 2.45) is 0 Å². The van der Waals surface area contributed by atoms with Crippen molar-refractivity contribution in [3.8, 4) is 22.1 Å². The molecule has 0 bridgehead atoms. The fourth-order valence-corrected chi connectivity index (χ4v) is 3.11. The first kappa shape index (κ1) is 17.0. The normalized spacial score (nSPS) is 10.5. The summed E-state index contributed by atoms with van der Waals surface area (Å²) in [6, 6.07) is 11.4. The number of nitrogens with one attached hydrogen (secondary N) is 2. The van der Waals surface area contributed by atoms with E-state index in [1.807, 2.05) is 35.7 Å². The molecule has 1 aromatic carbocycles. The molecule has 6 nitrogen and oxygen atoms in total. The van der Waals surface area contributed by atoms with E-state index in [1.54, 1.807) is 31.6 Å². The van der Waals surface area contributed by atoms with E-state index in [0.29, 0.717) is 30.2 Å². The lowest BCUT2D eigenvalue weighted by Crippen LogP contribution is -2.12. The topological polar surface area (TPSA) is 76.2 Å². The van der Waals surface area contributed by atoms with E-state index in [2.05, 4.69) is 15.5 Å². The minimum absolute atomic E-state index is 0.0917. The van der Waals surface area contributed by atoms with Crippen LogP contribution in [0.5, 0.6) is 11.5 Å². The summed E-state index contributed by atoms with van der Waals surface area (Å²) in [4.78, 5) is 13.2. The van der Waals surface area contributed by atoms with E-state index in [-0.39, 0.29) is 5.91 Å². The van der Waals surface area contributed by atoms with Crippen molar-refractivity contribution in [2.45, 2.75) is 12.8 Å². The van der Waals surface area contributed by atoms with Crippen LogP contribution in [0.15, 0.2) is 41.8 Å². The van der Waals surface area contributed by atoms with Crippen LogP contribution in [-0.2, 0) is 11.2 Å². The maximum atomic E-state index is 12.2. The van der Waals surface area contributed by atoms with Gasteiger partial charge in [0.25, 0.3) is 0 Å². The fourth-order valence-electron chi connectivity index (χ4n) is 2.42. The molecule has 25 heavy (non-hydrogen) atoms. The molecule has 0 saturated carbocycles. The Hall–Kier alpha value is -2.80. The first-order valence-corrected chi connectivity index (χ1v) is 8.67. The number of amides is 1. The van der Waals surface area contributed by atoms with Gasteiger partial charge >= 0.3 is 0 Å². The van der Waals surface area contributed by atoms with Gasteiger partial charge in [0.15, 0.2) is 5.82 Å². The number of aromatic amines is 1. The van der Waals surface area contributed by atoms with Crippen molar-refractivity contribution in [3.63, 3.8) is 0 Å². The number of nitrogens with zero attached hydrogens (tertiary/aromatic N) is 1. The smallest absolute Gasteiger partial charge is 0.225 e. The second-order valence-corrected chi connectivity index (χ2v) is 6.36. The van der Waals surface area contributed by atoms with Gasteiger partial charge < -0.3 is 14.8 Å². The van der Waals surface area contributed by atoms with Gasteiger partial charge in [0.1, 0.15) is 11.5 Å². The average molecular weight is 357 g/mol. The van der Waals surface area contributed by atoms with Crippen molar-refractivity contribution in [1.82, 2.24) is 10.2 Å². The number of aromatic nitrogens is 2. The van der Waals surface area contributed by atoms with Crippen LogP contribution in [0.4, 0.5) is 5.82 Å². The number of benzene rings is 1. The van der Waals surface area contributed by atoms with Gasteiger partial charge in [-0.3, -0.25) is 9.89 Å². The molecule has 2 aromatic heterocycles. The predicted octanol–water partition coefficient (Wildman–Crippen LogP) is 3.73. The van der Waals surface area contributed by atoms with Crippen LogP contribution in [0.1, 0.15) is 12.0 Å². The number of anilines is 1. The summed E-state index contributed by atoms with van der Waals surface area (Å²) in [5.74, 6) is 1.85. The largest absolute Gasteiger partial charge is 0.497 e. The third kappa shape index (κ3) is 4.39. The molecule has 0 saturated heterocycles. The van der Waals surface area contributed by atoms with Crippen LogP contribution in [0, 0.1) is 0 Å². The fraction of sp³-hybridized carbons (Fsp3) is 0.222. The zero-order valence-corrected chi connectivity index (χ0v) is 14.9. The van der Waals surface area contributed by atoms with E-state index < -0.39 is 0 Å². The van der Waals surface area contributed by atoms with Crippen molar-refractivity contribution >= 4 is 23.1 Å². The molecule has 7 heteroatoms. The van der Waals surface area contributed by atoms with Gasteiger partial charge in [-0.25, -0.2) is 0 Å². The summed E-state index contributed by atoms with van der Waals surface area (Å²) in [6.07, 6.45) is 0.930. The summed E-state index contributed by atoms with van der Waals surface area (Å²) in [5.41, 5.74) is 1.87. The molecular formula is C18H19N3O3S.